The summed E-state index contributed by atoms with van der Waals surface area (Å²) < 4.78 is 5.32. The highest BCUT2D eigenvalue weighted by Crippen LogP contribution is 2.00. The van der Waals surface area contributed by atoms with Crippen LogP contribution in [0.3, 0.4) is 0 Å². The zero-order valence-electron chi connectivity index (χ0n) is 8.78. The molecular weight excluding hydrogens is 172 g/mol. The minimum atomic E-state index is 0.835. The van der Waals surface area contributed by atoms with Crippen molar-refractivity contribution >= 4 is 0 Å². The van der Waals surface area contributed by atoms with Crippen LogP contribution in [0, 0.1) is 0 Å². The van der Waals surface area contributed by atoms with Crippen LogP contribution in [0.5, 0.6) is 0 Å². The zero-order valence-corrected chi connectivity index (χ0v) is 8.78. The molecule has 0 saturated heterocycles. The molecule has 1 aromatic carbocycles. The van der Waals surface area contributed by atoms with Gasteiger partial charge < -0.3 is 4.74 Å². The highest BCUT2D eigenvalue weighted by atomic mass is 16.5. The Bertz CT molecular complexity index is 251. The van der Waals surface area contributed by atoms with Crippen molar-refractivity contribution in [3.8, 4) is 0 Å². The monoisotopic (exact) mass is 190 g/mol. The molecule has 0 N–H and O–H groups in total. The second-order valence-corrected chi connectivity index (χ2v) is 3.29. The summed E-state index contributed by atoms with van der Waals surface area (Å²) in [5, 5.41) is 0. The first kappa shape index (κ1) is 10.8. The van der Waals surface area contributed by atoms with Gasteiger partial charge >= 0.3 is 0 Å². The molecule has 0 heterocycles. The van der Waals surface area contributed by atoms with E-state index < -0.39 is 0 Å². The van der Waals surface area contributed by atoms with Gasteiger partial charge in [-0.25, -0.2) is 0 Å². The first-order chi connectivity index (χ1) is 6.93. The van der Waals surface area contributed by atoms with Crippen LogP contribution in [0.1, 0.15) is 25.3 Å². The van der Waals surface area contributed by atoms with E-state index in [9.17, 15) is 0 Å². The Labute approximate surface area is 86.4 Å². The van der Waals surface area contributed by atoms with Crippen molar-refractivity contribution in [1.82, 2.24) is 0 Å². The second-order valence-electron chi connectivity index (χ2n) is 3.29. The Balaban J connectivity index is 2.14. The van der Waals surface area contributed by atoms with Gasteiger partial charge in [0.25, 0.3) is 0 Å². The minimum absolute atomic E-state index is 0.835. The van der Waals surface area contributed by atoms with Gasteiger partial charge in [-0.15, -0.1) is 0 Å². The van der Waals surface area contributed by atoms with Crippen LogP contribution >= 0.6 is 0 Å². The fraction of sp³-hybridized carbons (Fsp3) is 0.385. The fourth-order valence-corrected chi connectivity index (χ4v) is 1.16. The summed E-state index contributed by atoms with van der Waals surface area (Å²) in [5.41, 5.74) is 1.32. The molecular formula is C13H18O. The van der Waals surface area contributed by atoms with Gasteiger partial charge in [0.15, 0.2) is 0 Å². The van der Waals surface area contributed by atoms with Gasteiger partial charge in [-0.3, -0.25) is 0 Å². The molecule has 0 aliphatic carbocycles. The third-order valence-electron chi connectivity index (χ3n) is 2.00. The quantitative estimate of drug-likeness (QED) is 0.492. The summed E-state index contributed by atoms with van der Waals surface area (Å²) in [6.07, 6.45) is 7.14. The summed E-state index contributed by atoms with van der Waals surface area (Å²) in [6, 6.07) is 10.4. The predicted molar refractivity (Wildman–Crippen MR) is 60.1 cm³/mol. The number of hydrogen-bond acceptors (Lipinski definition) is 1. The molecule has 14 heavy (non-hydrogen) atoms. The van der Waals surface area contributed by atoms with Gasteiger partial charge in [0.2, 0.25) is 0 Å². The van der Waals surface area contributed by atoms with E-state index in [1.165, 1.54) is 12.0 Å². The first-order valence-electron chi connectivity index (χ1n) is 5.24. The lowest BCUT2D eigenvalue weighted by atomic mass is 10.2. The Morgan fingerprint density at radius 1 is 1.21 bits per heavy atom. The van der Waals surface area contributed by atoms with Crippen LogP contribution in [0.2, 0.25) is 0 Å². The molecule has 1 aromatic rings. The molecule has 76 valence electrons. The van der Waals surface area contributed by atoms with Crippen LogP contribution in [-0.4, -0.2) is 6.61 Å². The summed E-state index contributed by atoms with van der Waals surface area (Å²) in [6.45, 7) is 3.00. The van der Waals surface area contributed by atoms with Crippen molar-refractivity contribution in [3.63, 3.8) is 0 Å². The molecule has 0 aromatic heterocycles. The van der Waals surface area contributed by atoms with Crippen molar-refractivity contribution < 1.29 is 4.74 Å². The average molecular weight is 190 g/mol. The van der Waals surface area contributed by atoms with Crippen LogP contribution in [-0.2, 0) is 11.2 Å². The van der Waals surface area contributed by atoms with E-state index in [1.807, 2.05) is 12.3 Å². The minimum Gasteiger partial charge on any atom is -0.502 e. The smallest absolute Gasteiger partial charge is 0.0873 e. The van der Waals surface area contributed by atoms with E-state index in [4.69, 9.17) is 4.74 Å². The molecule has 1 rings (SSSR count). The molecule has 0 radical (unpaired) electrons. The van der Waals surface area contributed by atoms with E-state index in [-0.39, 0.29) is 0 Å². The number of hydrogen-bond donors (Lipinski definition) is 0. The maximum atomic E-state index is 5.32. The number of unbranched alkanes of at least 4 members (excludes halogenated alkanes) is 1. The average Bonchev–Trinajstić information content (AvgIpc) is 2.25. The molecule has 0 bridgehead atoms. The van der Waals surface area contributed by atoms with Gasteiger partial charge in [0.1, 0.15) is 0 Å². The molecule has 0 fully saturated rings. The molecule has 0 saturated carbocycles. The van der Waals surface area contributed by atoms with Gasteiger partial charge in [-0.1, -0.05) is 43.7 Å². The van der Waals surface area contributed by atoms with Gasteiger partial charge in [-0.2, -0.15) is 0 Å². The molecule has 0 amide bonds. The third kappa shape index (κ3) is 4.70. The van der Waals surface area contributed by atoms with E-state index in [1.54, 1.807) is 0 Å². The third-order valence-corrected chi connectivity index (χ3v) is 2.00. The fourth-order valence-electron chi connectivity index (χ4n) is 1.16. The lowest BCUT2D eigenvalue weighted by molar-refractivity contribution is 0.243. The topological polar surface area (TPSA) is 9.23 Å². The SMILES string of the molecule is CCCCO/C=C/Cc1ccccc1. The summed E-state index contributed by atoms with van der Waals surface area (Å²) in [5.74, 6) is 0. The van der Waals surface area contributed by atoms with Crippen LogP contribution in [0.15, 0.2) is 42.7 Å². The lowest BCUT2D eigenvalue weighted by Crippen LogP contribution is -1.86. The normalized spacial score (nSPS) is 10.6. The largest absolute Gasteiger partial charge is 0.502 e. The molecule has 1 nitrogen and oxygen atoms in total. The Kier molecular flexibility index (Phi) is 5.57. The molecule has 0 aliphatic rings. The van der Waals surface area contributed by atoms with E-state index in [0.29, 0.717) is 0 Å². The maximum Gasteiger partial charge on any atom is 0.0873 e. The summed E-state index contributed by atoms with van der Waals surface area (Å²) >= 11 is 0. The van der Waals surface area contributed by atoms with E-state index >= 15 is 0 Å². The highest BCUT2D eigenvalue weighted by molar-refractivity contribution is 5.16. The van der Waals surface area contributed by atoms with Crippen molar-refractivity contribution in [1.29, 1.82) is 0 Å². The van der Waals surface area contributed by atoms with Crippen molar-refractivity contribution in [2.75, 3.05) is 6.61 Å². The standard InChI is InChI=1S/C13H18O/c1-2-3-11-14-12-7-10-13-8-5-4-6-9-13/h4-9,12H,2-3,10-11H2,1H3/b12-7+. The number of benzene rings is 1. The van der Waals surface area contributed by atoms with Gasteiger partial charge in [0, 0.05) is 0 Å². The molecule has 0 atom stereocenters. The van der Waals surface area contributed by atoms with Crippen molar-refractivity contribution in [2.45, 2.75) is 26.2 Å². The summed E-state index contributed by atoms with van der Waals surface area (Å²) in [7, 11) is 0. The van der Waals surface area contributed by atoms with Gasteiger partial charge in [-0.05, 0) is 24.5 Å². The van der Waals surface area contributed by atoms with Crippen LogP contribution < -0.4 is 0 Å². The Hall–Kier alpha value is -1.24. The molecule has 0 unspecified atom stereocenters. The zero-order chi connectivity index (χ0) is 10.1. The number of ether oxygens (including phenoxy) is 1. The Morgan fingerprint density at radius 2 is 2.00 bits per heavy atom. The Morgan fingerprint density at radius 3 is 2.71 bits per heavy atom. The maximum absolute atomic E-state index is 5.32. The predicted octanol–water partition coefficient (Wildman–Crippen LogP) is 3.56. The molecule has 1 heteroatoms. The molecule has 0 spiro atoms. The molecule has 0 aliphatic heterocycles. The van der Waals surface area contributed by atoms with Crippen molar-refractivity contribution in [2.24, 2.45) is 0 Å². The highest BCUT2D eigenvalue weighted by Gasteiger charge is 1.85. The summed E-state index contributed by atoms with van der Waals surface area (Å²) in [4.78, 5) is 0. The number of rotatable bonds is 6. The van der Waals surface area contributed by atoms with E-state index in [0.717, 1.165) is 19.4 Å². The van der Waals surface area contributed by atoms with E-state index in [2.05, 4.69) is 37.3 Å². The number of allylic oxidation sites excluding steroid dienone is 1. The lowest BCUT2D eigenvalue weighted by Gasteiger charge is -1.98. The van der Waals surface area contributed by atoms with Crippen LogP contribution in [0.4, 0.5) is 0 Å². The van der Waals surface area contributed by atoms with Crippen LogP contribution in [0.25, 0.3) is 0 Å². The second kappa shape index (κ2) is 7.19. The van der Waals surface area contributed by atoms with Gasteiger partial charge in [0.05, 0.1) is 12.9 Å². The van der Waals surface area contributed by atoms with Crippen molar-refractivity contribution in [3.05, 3.63) is 48.2 Å². The first-order valence-corrected chi connectivity index (χ1v) is 5.24.